The number of hydrogen-bond donors (Lipinski definition) is 1. The molecule has 1 aliphatic heterocycles. The fraction of sp³-hybridized carbons (Fsp3) is 0.733. The summed E-state index contributed by atoms with van der Waals surface area (Å²) in [4.78, 5) is 2.42. The Bertz CT molecular complexity index is 391. The van der Waals surface area contributed by atoms with E-state index < -0.39 is 0 Å². The van der Waals surface area contributed by atoms with Crippen LogP contribution >= 0.6 is 0 Å². The van der Waals surface area contributed by atoms with Crippen LogP contribution in [-0.2, 0) is 6.54 Å². The van der Waals surface area contributed by atoms with Crippen LogP contribution in [0.1, 0.15) is 38.3 Å². The minimum atomic E-state index is 0.826. The Balaban J connectivity index is 1.57. The maximum Gasteiger partial charge on any atom is 0.151 e. The Labute approximate surface area is 115 Å². The molecule has 1 aromatic rings. The molecule has 19 heavy (non-hydrogen) atoms. The van der Waals surface area contributed by atoms with Gasteiger partial charge in [0.05, 0.1) is 5.69 Å². The van der Waals surface area contributed by atoms with Gasteiger partial charge < -0.3 is 10.2 Å². The van der Waals surface area contributed by atoms with E-state index in [-0.39, 0.29) is 0 Å². The predicted molar refractivity (Wildman–Crippen MR) is 77.1 cm³/mol. The number of rotatable bonds is 5. The van der Waals surface area contributed by atoms with Crippen molar-refractivity contribution >= 4 is 5.82 Å². The lowest BCUT2D eigenvalue weighted by Gasteiger charge is -2.17. The highest BCUT2D eigenvalue weighted by Gasteiger charge is 2.36. The van der Waals surface area contributed by atoms with Gasteiger partial charge in [0.1, 0.15) is 0 Å². The summed E-state index contributed by atoms with van der Waals surface area (Å²) in [5.41, 5.74) is 1.04. The van der Waals surface area contributed by atoms with Crippen LogP contribution in [-0.4, -0.2) is 29.8 Å². The zero-order valence-corrected chi connectivity index (χ0v) is 11.8. The van der Waals surface area contributed by atoms with Crippen LogP contribution in [0.15, 0.2) is 12.1 Å². The molecule has 0 radical (unpaired) electrons. The molecule has 4 heteroatoms. The molecule has 1 aliphatic carbocycles. The molecule has 2 heterocycles. The molecule has 4 nitrogen and oxygen atoms in total. The first-order valence-corrected chi connectivity index (χ1v) is 7.65. The van der Waals surface area contributed by atoms with Crippen molar-refractivity contribution in [2.75, 3.05) is 24.5 Å². The fourth-order valence-electron chi connectivity index (χ4n) is 3.43. The highest BCUT2D eigenvalue weighted by atomic mass is 15.3. The summed E-state index contributed by atoms with van der Waals surface area (Å²) in [7, 11) is 0. The van der Waals surface area contributed by atoms with Crippen molar-refractivity contribution in [2.24, 2.45) is 11.8 Å². The van der Waals surface area contributed by atoms with Crippen molar-refractivity contribution < 1.29 is 0 Å². The maximum absolute atomic E-state index is 4.40. The van der Waals surface area contributed by atoms with Crippen LogP contribution in [0.25, 0.3) is 0 Å². The van der Waals surface area contributed by atoms with Crippen molar-refractivity contribution in [2.45, 2.75) is 39.2 Å². The molecule has 0 amide bonds. The van der Waals surface area contributed by atoms with Gasteiger partial charge in [-0.05, 0) is 49.8 Å². The first kappa shape index (κ1) is 12.9. The van der Waals surface area contributed by atoms with E-state index in [1.165, 1.54) is 32.4 Å². The second kappa shape index (κ2) is 5.87. The van der Waals surface area contributed by atoms with Gasteiger partial charge in [-0.3, -0.25) is 0 Å². The molecular weight excluding hydrogens is 236 g/mol. The number of aromatic nitrogens is 2. The molecule has 2 fully saturated rings. The van der Waals surface area contributed by atoms with E-state index in [1.54, 1.807) is 0 Å². The van der Waals surface area contributed by atoms with Gasteiger partial charge in [-0.2, -0.15) is 5.10 Å². The minimum absolute atomic E-state index is 0.826. The van der Waals surface area contributed by atoms with Crippen LogP contribution in [0.4, 0.5) is 5.82 Å². The smallest absolute Gasteiger partial charge is 0.151 e. The lowest BCUT2D eigenvalue weighted by Crippen LogP contribution is -2.22. The van der Waals surface area contributed by atoms with E-state index in [9.17, 15) is 0 Å². The molecule has 1 saturated carbocycles. The second-order valence-corrected chi connectivity index (χ2v) is 5.92. The molecule has 1 saturated heterocycles. The molecule has 104 valence electrons. The molecule has 0 aromatic carbocycles. The van der Waals surface area contributed by atoms with Gasteiger partial charge in [-0.25, -0.2) is 0 Å². The second-order valence-electron chi connectivity index (χ2n) is 5.92. The van der Waals surface area contributed by atoms with Gasteiger partial charge in [0.2, 0.25) is 0 Å². The average molecular weight is 260 g/mol. The van der Waals surface area contributed by atoms with Crippen molar-refractivity contribution in [3.63, 3.8) is 0 Å². The first-order valence-electron chi connectivity index (χ1n) is 7.65. The number of nitrogens with one attached hydrogen (secondary N) is 1. The number of nitrogens with zero attached hydrogens (tertiary/aromatic N) is 3. The predicted octanol–water partition coefficient (Wildman–Crippen LogP) is 2.21. The summed E-state index contributed by atoms with van der Waals surface area (Å²) in [5, 5.41) is 12.1. The molecule has 3 rings (SSSR count). The summed E-state index contributed by atoms with van der Waals surface area (Å²) in [6.07, 6.45) is 5.40. The van der Waals surface area contributed by atoms with Gasteiger partial charge in [0, 0.05) is 19.6 Å². The van der Waals surface area contributed by atoms with E-state index in [4.69, 9.17) is 0 Å². The SMILES string of the molecule is CCCNCc1ccc(N2CC3CCCC3C2)nn1. The third-order valence-corrected chi connectivity index (χ3v) is 4.49. The quantitative estimate of drug-likeness (QED) is 0.824. The molecule has 2 atom stereocenters. The van der Waals surface area contributed by atoms with Crippen LogP contribution in [0.5, 0.6) is 0 Å². The highest BCUT2D eigenvalue weighted by molar-refractivity contribution is 5.39. The van der Waals surface area contributed by atoms with Crippen molar-refractivity contribution in [3.8, 4) is 0 Å². The molecular formula is C15H24N4. The largest absolute Gasteiger partial charge is 0.355 e. The topological polar surface area (TPSA) is 41.0 Å². The monoisotopic (exact) mass is 260 g/mol. The Kier molecular flexibility index (Phi) is 3.97. The molecule has 1 N–H and O–H groups in total. The highest BCUT2D eigenvalue weighted by Crippen LogP contribution is 2.38. The van der Waals surface area contributed by atoms with Crippen molar-refractivity contribution in [3.05, 3.63) is 17.8 Å². The Morgan fingerprint density at radius 2 is 2.00 bits per heavy atom. The van der Waals surface area contributed by atoms with Gasteiger partial charge >= 0.3 is 0 Å². The lowest BCUT2D eigenvalue weighted by molar-refractivity contribution is 0.494. The summed E-state index contributed by atoms with van der Waals surface area (Å²) in [6, 6.07) is 4.25. The van der Waals surface area contributed by atoms with E-state index in [1.807, 2.05) is 0 Å². The molecule has 2 aliphatic rings. The average Bonchev–Trinajstić information content (AvgIpc) is 3.01. The standard InChI is InChI=1S/C15H24N4/c1-2-8-16-9-14-6-7-15(18-17-14)19-10-12-4-3-5-13(12)11-19/h6-7,12-13,16H,2-5,8-11H2,1H3. The normalized spacial score (nSPS) is 25.8. The Hall–Kier alpha value is -1.16. The van der Waals surface area contributed by atoms with Gasteiger partial charge in [-0.1, -0.05) is 13.3 Å². The first-order chi connectivity index (χ1) is 9.36. The van der Waals surface area contributed by atoms with Crippen LogP contribution in [0.2, 0.25) is 0 Å². The van der Waals surface area contributed by atoms with E-state index in [2.05, 4.69) is 39.5 Å². The van der Waals surface area contributed by atoms with Gasteiger partial charge in [0.25, 0.3) is 0 Å². The zero-order chi connectivity index (χ0) is 13.1. The maximum atomic E-state index is 4.40. The van der Waals surface area contributed by atoms with Crippen LogP contribution in [0.3, 0.4) is 0 Å². The number of fused-ring (bicyclic) bond motifs is 1. The van der Waals surface area contributed by atoms with Crippen LogP contribution in [0, 0.1) is 11.8 Å². The van der Waals surface area contributed by atoms with E-state index in [0.29, 0.717) is 0 Å². The molecule has 0 bridgehead atoms. The number of anilines is 1. The summed E-state index contributed by atoms with van der Waals surface area (Å²) < 4.78 is 0. The molecule has 1 aromatic heterocycles. The van der Waals surface area contributed by atoms with Crippen LogP contribution < -0.4 is 10.2 Å². The van der Waals surface area contributed by atoms with Crippen molar-refractivity contribution in [1.29, 1.82) is 0 Å². The number of hydrogen-bond acceptors (Lipinski definition) is 4. The fourth-order valence-corrected chi connectivity index (χ4v) is 3.43. The summed E-state index contributed by atoms with van der Waals surface area (Å²) in [6.45, 7) is 6.41. The Morgan fingerprint density at radius 3 is 2.63 bits per heavy atom. The third kappa shape index (κ3) is 2.89. The Morgan fingerprint density at radius 1 is 1.21 bits per heavy atom. The van der Waals surface area contributed by atoms with Gasteiger partial charge in [0.15, 0.2) is 5.82 Å². The van der Waals surface area contributed by atoms with Crippen molar-refractivity contribution in [1.82, 2.24) is 15.5 Å². The molecule has 0 spiro atoms. The van der Waals surface area contributed by atoms with E-state index in [0.717, 1.165) is 42.9 Å². The lowest BCUT2D eigenvalue weighted by atomic mass is 10.0. The summed E-state index contributed by atoms with van der Waals surface area (Å²) in [5.74, 6) is 2.88. The molecule has 2 unspecified atom stereocenters. The summed E-state index contributed by atoms with van der Waals surface area (Å²) >= 11 is 0. The minimum Gasteiger partial charge on any atom is -0.355 e. The zero-order valence-electron chi connectivity index (χ0n) is 11.8. The van der Waals surface area contributed by atoms with E-state index >= 15 is 0 Å². The van der Waals surface area contributed by atoms with Gasteiger partial charge in [-0.15, -0.1) is 5.10 Å². The third-order valence-electron chi connectivity index (χ3n) is 4.49.